The molecule has 0 atom stereocenters. The number of nitrogens with zero attached hydrogens (tertiary/aromatic N) is 1. The van der Waals surface area contributed by atoms with E-state index in [0.717, 1.165) is 0 Å². The average Bonchev–Trinajstić information content (AvgIpc) is 3.08. The minimum absolute atomic E-state index is 0.0579. The summed E-state index contributed by atoms with van der Waals surface area (Å²) in [4.78, 5) is 23.7. The number of halogens is 6. The number of urea groups is 1. The number of ether oxygens (including phenoxy) is 2. The summed E-state index contributed by atoms with van der Waals surface area (Å²) in [6.07, 6.45) is -10.4. The number of anilines is 2. The molecule has 154 valence electrons. The van der Waals surface area contributed by atoms with Crippen LogP contribution in [0, 0.1) is 0 Å². The number of carbonyl (C=O) groups excluding carboxylic acids is 2. The maximum absolute atomic E-state index is 13.0. The summed E-state index contributed by atoms with van der Waals surface area (Å²) < 4.78 is 88.0. The Morgan fingerprint density at radius 1 is 0.931 bits per heavy atom. The number of alkyl halides is 6. The third-order valence-electron chi connectivity index (χ3n) is 3.80. The van der Waals surface area contributed by atoms with Crippen molar-refractivity contribution in [3.63, 3.8) is 0 Å². The maximum atomic E-state index is 13.0. The molecule has 3 rings (SSSR count). The first-order valence-corrected chi connectivity index (χ1v) is 7.73. The van der Waals surface area contributed by atoms with E-state index in [0.29, 0.717) is 5.75 Å². The van der Waals surface area contributed by atoms with E-state index in [9.17, 15) is 35.9 Å². The zero-order chi connectivity index (χ0) is 21.4. The summed E-state index contributed by atoms with van der Waals surface area (Å²) in [6.45, 7) is -0.0579. The van der Waals surface area contributed by atoms with Gasteiger partial charge < -0.3 is 14.8 Å². The zero-order valence-electron chi connectivity index (χ0n) is 14.1. The minimum Gasteiger partial charge on any atom is -0.454 e. The van der Waals surface area contributed by atoms with Crippen molar-refractivity contribution in [3.8, 4) is 11.5 Å². The summed E-state index contributed by atoms with van der Waals surface area (Å²) in [5.74, 6) is 0.641. The molecule has 0 saturated carbocycles. The highest BCUT2D eigenvalue weighted by Gasteiger charge is 2.38. The van der Waals surface area contributed by atoms with Gasteiger partial charge in [0, 0.05) is 11.8 Å². The fourth-order valence-electron chi connectivity index (χ4n) is 2.46. The average molecular weight is 420 g/mol. The normalized spacial score (nSPS) is 13.2. The van der Waals surface area contributed by atoms with Crippen LogP contribution in [0.4, 0.5) is 42.5 Å². The van der Waals surface area contributed by atoms with Gasteiger partial charge >= 0.3 is 18.4 Å². The van der Waals surface area contributed by atoms with E-state index in [4.69, 9.17) is 9.47 Å². The molecule has 1 heterocycles. The Labute approximate surface area is 158 Å². The number of amides is 3. The predicted octanol–water partition coefficient (Wildman–Crippen LogP) is 4.65. The molecule has 0 fully saturated rings. The van der Waals surface area contributed by atoms with Gasteiger partial charge in [-0.05, 0) is 30.3 Å². The molecule has 6 nitrogen and oxygen atoms in total. The molecule has 1 aliphatic heterocycles. The van der Waals surface area contributed by atoms with Gasteiger partial charge in [-0.15, -0.1) is 0 Å². The Morgan fingerprint density at radius 3 is 2.07 bits per heavy atom. The lowest BCUT2D eigenvalue weighted by Gasteiger charge is -2.20. The Kier molecular flexibility index (Phi) is 5.03. The van der Waals surface area contributed by atoms with Crippen molar-refractivity contribution in [3.05, 3.63) is 47.5 Å². The lowest BCUT2D eigenvalue weighted by molar-refractivity contribution is -0.143. The quantitative estimate of drug-likeness (QED) is 0.580. The van der Waals surface area contributed by atoms with E-state index < -0.39 is 35.2 Å². The van der Waals surface area contributed by atoms with Crippen molar-refractivity contribution in [2.24, 2.45) is 0 Å². The fourth-order valence-corrected chi connectivity index (χ4v) is 2.46. The summed E-state index contributed by atoms with van der Waals surface area (Å²) in [5, 5.41) is 2.20. The number of nitrogens with one attached hydrogen (secondary N) is 1. The van der Waals surface area contributed by atoms with Crippen LogP contribution >= 0.6 is 0 Å². The summed E-state index contributed by atoms with van der Waals surface area (Å²) in [6, 6.07) is 3.24. The second kappa shape index (κ2) is 7.18. The van der Waals surface area contributed by atoms with Gasteiger partial charge in [-0.25, -0.2) is 9.69 Å². The molecule has 0 aromatic heterocycles. The molecule has 0 aliphatic carbocycles. The highest BCUT2D eigenvalue weighted by atomic mass is 19.4. The van der Waals surface area contributed by atoms with Crippen LogP contribution < -0.4 is 19.7 Å². The molecule has 29 heavy (non-hydrogen) atoms. The van der Waals surface area contributed by atoms with Crippen LogP contribution in [-0.2, 0) is 17.1 Å². The number of rotatable bonds is 3. The molecule has 0 radical (unpaired) electrons. The van der Waals surface area contributed by atoms with E-state index in [2.05, 4.69) is 5.32 Å². The van der Waals surface area contributed by atoms with Crippen LogP contribution in [0.5, 0.6) is 11.5 Å². The largest absolute Gasteiger partial charge is 0.454 e. The number of fused-ring (bicyclic) bond motifs is 1. The van der Waals surface area contributed by atoms with Crippen LogP contribution in [0.25, 0.3) is 0 Å². The Balaban J connectivity index is 1.94. The molecule has 0 spiro atoms. The number of hydrogen-bond donors (Lipinski definition) is 1. The van der Waals surface area contributed by atoms with Crippen LogP contribution in [0.3, 0.4) is 0 Å². The minimum atomic E-state index is -5.13. The lowest BCUT2D eigenvalue weighted by Crippen LogP contribution is -2.34. The Bertz CT molecular complexity index is 926. The molecule has 12 heteroatoms. The Morgan fingerprint density at radius 2 is 1.52 bits per heavy atom. The predicted molar refractivity (Wildman–Crippen MR) is 86.6 cm³/mol. The van der Waals surface area contributed by atoms with Crippen LogP contribution in [-0.4, -0.2) is 19.2 Å². The van der Waals surface area contributed by atoms with Crippen molar-refractivity contribution in [1.82, 2.24) is 0 Å². The van der Waals surface area contributed by atoms with E-state index in [1.165, 1.54) is 18.2 Å². The summed E-state index contributed by atoms with van der Waals surface area (Å²) in [7, 11) is 0. The van der Waals surface area contributed by atoms with Gasteiger partial charge in [-0.1, -0.05) is 0 Å². The summed E-state index contributed by atoms with van der Waals surface area (Å²) in [5.41, 5.74) is -4.15. The summed E-state index contributed by atoms with van der Waals surface area (Å²) >= 11 is 0. The van der Waals surface area contributed by atoms with E-state index in [1.807, 2.05) is 0 Å². The first-order chi connectivity index (χ1) is 13.5. The van der Waals surface area contributed by atoms with Gasteiger partial charge in [0.15, 0.2) is 11.5 Å². The second-order valence-corrected chi connectivity index (χ2v) is 5.74. The number of imide groups is 1. The number of hydrogen-bond acceptors (Lipinski definition) is 4. The molecule has 1 N–H and O–H groups in total. The highest BCUT2D eigenvalue weighted by Crippen LogP contribution is 2.38. The zero-order valence-corrected chi connectivity index (χ0v) is 14.1. The van der Waals surface area contributed by atoms with Crippen molar-refractivity contribution < 1.29 is 45.4 Å². The van der Waals surface area contributed by atoms with Crippen molar-refractivity contribution in [2.75, 3.05) is 17.0 Å². The maximum Gasteiger partial charge on any atom is 0.416 e. The molecule has 2 aromatic rings. The van der Waals surface area contributed by atoms with E-state index in [-0.39, 0.29) is 47.7 Å². The second-order valence-electron chi connectivity index (χ2n) is 5.74. The van der Waals surface area contributed by atoms with Crippen LogP contribution in [0.2, 0.25) is 0 Å². The Hall–Kier alpha value is -3.44. The number of benzene rings is 2. The topological polar surface area (TPSA) is 67.9 Å². The molecular weight excluding hydrogens is 410 g/mol. The highest BCUT2D eigenvalue weighted by molar-refractivity contribution is 6.12. The van der Waals surface area contributed by atoms with Crippen molar-refractivity contribution >= 4 is 23.8 Å². The van der Waals surface area contributed by atoms with Crippen molar-refractivity contribution in [1.29, 1.82) is 0 Å². The SMILES string of the molecule is O=CN(C(=O)Nc1ccc2c(c1)OCO2)c1cc(C(F)(F)F)cc(C(F)(F)F)c1. The van der Waals surface area contributed by atoms with Crippen molar-refractivity contribution in [2.45, 2.75) is 12.4 Å². The van der Waals surface area contributed by atoms with E-state index >= 15 is 0 Å². The molecule has 2 aromatic carbocycles. The van der Waals surface area contributed by atoms with Gasteiger partial charge in [-0.2, -0.15) is 26.3 Å². The van der Waals surface area contributed by atoms with Gasteiger partial charge in [0.1, 0.15) is 0 Å². The smallest absolute Gasteiger partial charge is 0.416 e. The first kappa shape index (κ1) is 20.3. The standard InChI is InChI=1S/C17H10F6N2O4/c18-16(19,20)9-3-10(17(21,22)23)5-12(4-9)25(7-26)15(27)24-11-1-2-13-14(6-11)29-8-28-13/h1-7H,8H2,(H,24,27). The molecule has 3 amide bonds. The molecular formula is C17H10F6N2O4. The molecule has 0 unspecified atom stereocenters. The van der Waals surface area contributed by atoms with Gasteiger partial charge in [0.05, 0.1) is 16.8 Å². The third-order valence-corrected chi connectivity index (χ3v) is 3.80. The van der Waals surface area contributed by atoms with E-state index in [1.54, 1.807) is 0 Å². The van der Waals surface area contributed by atoms with Crippen LogP contribution in [0.1, 0.15) is 11.1 Å². The molecule has 1 aliphatic rings. The fraction of sp³-hybridized carbons (Fsp3) is 0.176. The first-order valence-electron chi connectivity index (χ1n) is 7.73. The molecule has 0 bridgehead atoms. The van der Waals surface area contributed by atoms with Gasteiger partial charge in [-0.3, -0.25) is 4.79 Å². The lowest BCUT2D eigenvalue weighted by atomic mass is 10.1. The third kappa shape index (κ3) is 4.36. The monoisotopic (exact) mass is 420 g/mol. The van der Waals surface area contributed by atoms with Gasteiger partial charge in [0.2, 0.25) is 13.2 Å². The molecule has 0 saturated heterocycles. The van der Waals surface area contributed by atoms with Gasteiger partial charge in [0.25, 0.3) is 0 Å². The van der Waals surface area contributed by atoms with Crippen LogP contribution in [0.15, 0.2) is 36.4 Å². The number of carbonyl (C=O) groups is 2.